The van der Waals surface area contributed by atoms with Gasteiger partial charge >= 0.3 is 0 Å². The van der Waals surface area contributed by atoms with Gasteiger partial charge in [0.1, 0.15) is 0 Å². The minimum absolute atomic E-state index is 0.274. The number of thioether (sulfide) groups is 1. The summed E-state index contributed by atoms with van der Waals surface area (Å²) in [6.45, 7) is 1.97. The van der Waals surface area contributed by atoms with E-state index in [-0.39, 0.29) is 4.75 Å². The maximum atomic E-state index is 13.1. The minimum Gasteiger partial charge on any atom is -0.387 e. The molecule has 1 fully saturated rings. The Balaban J connectivity index is 2.26. The number of aliphatic hydroxyl groups is 1. The third-order valence-electron chi connectivity index (χ3n) is 3.09. The topological polar surface area (TPSA) is 20.2 Å². The minimum atomic E-state index is -0.900. The first kappa shape index (κ1) is 11.9. The second-order valence-corrected chi connectivity index (χ2v) is 5.97. The summed E-state index contributed by atoms with van der Waals surface area (Å²) < 4.78 is 25.6. The van der Waals surface area contributed by atoms with E-state index in [0.29, 0.717) is 5.56 Å². The summed E-state index contributed by atoms with van der Waals surface area (Å²) in [6.07, 6.45) is 1.22. The molecule has 4 heteroatoms. The van der Waals surface area contributed by atoms with Crippen molar-refractivity contribution in [2.75, 3.05) is 5.75 Å². The van der Waals surface area contributed by atoms with Gasteiger partial charge in [0.25, 0.3) is 0 Å². The molecule has 0 aromatic heterocycles. The quantitative estimate of drug-likeness (QED) is 0.861. The molecule has 0 radical (unpaired) electrons. The molecule has 1 aromatic rings. The highest BCUT2D eigenvalue weighted by Gasteiger charge is 2.37. The Morgan fingerprint density at radius 2 is 2.12 bits per heavy atom. The first-order chi connectivity index (χ1) is 7.53. The summed E-state index contributed by atoms with van der Waals surface area (Å²) in [4.78, 5) is 0. The molecule has 0 bridgehead atoms. The third-order valence-corrected chi connectivity index (χ3v) is 4.67. The van der Waals surface area contributed by atoms with Crippen LogP contribution >= 0.6 is 11.8 Å². The first-order valence-electron chi connectivity index (χ1n) is 5.30. The molecule has 0 saturated carbocycles. The van der Waals surface area contributed by atoms with Crippen molar-refractivity contribution in [1.82, 2.24) is 0 Å². The van der Waals surface area contributed by atoms with E-state index in [1.165, 1.54) is 6.07 Å². The van der Waals surface area contributed by atoms with Gasteiger partial charge in [0.05, 0.1) is 6.10 Å². The van der Waals surface area contributed by atoms with Gasteiger partial charge in [0.15, 0.2) is 11.6 Å². The third kappa shape index (κ3) is 2.09. The lowest BCUT2D eigenvalue weighted by Crippen LogP contribution is -2.26. The van der Waals surface area contributed by atoms with Gasteiger partial charge in [-0.1, -0.05) is 6.07 Å². The fraction of sp³-hybridized carbons (Fsp3) is 0.500. The van der Waals surface area contributed by atoms with E-state index in [4.69, 9.17) is 0 Å². The van der Waals surface area contributed by atoms with E-state index in [2.05, 4.69) is 0 Å². The number of hydrogen-bond acceptors (Lipinski definition) is 2. The number of hydrogen-bond donors (Lipinski definition) is 1. The predicted molar refractivity (Wildman–Crippen MR) is 61.4 cm³/mol. The maximum Gasteiger partial charge on any atom is 0.159 e. The van der Waals surface area contributed by atoms with E-state index in [0.717, 1.165) is 30.7 Å². The van der Waals surface area contributed by atoms with Crippen LogP contribution in [0.15, 0.2) is 18.2 Å². The number of rotatable bonds is 2. The highest BCUT2D eigenvalue weighted by Crippen LogP contribution is 2.46. The molecule has 1 heterocycles. The first-order valence-corrected chi connectivity index (χ1v) is 6.28. The molecule has 1 aliphatic heterocycles. The molecule has 1 saturated heterocycles. The molecule has 16 heavy (non-hydrogen) atoms. The van der Waals surface area contributed by atoms with E-state index in [1.54, 1.807) is 11.8 Å². The van der Waals surface area contributed by atoms with E-state index in [9.17, 15) is 13.9 Å². The monoisotopic (exact) mass is 244 g/mol. The smallest absolute Gasteiger partial charge is 0.159 e. The van der Waals surface area contributed by atoms with Crippen LogP contribution in [0.4, 0.5) is 8.78 Å². The van der Waals surface area contributed by atoms with E-state index >= 15 is 0 Å². The van der Waals surface area contributed by atoms with Crippen LogP contribution in [0.25, 0.3) is 0 Å². The van der Waals surface area contributed by atoms with Crippen LogP contribution in [0.5, 0.6) is 0 Å². The van der Waals surface area contributed by atoms with Crippen molar-refractivity contribution in [3.63, 3.8) is 0 Å². The lowest BCUT2D eigenvalue weighted by Gasteiger charge is -2.29. The molecule has 2 atom stereocenters. The van der Waals surface area contributed by atoms with Crippen molar-refractivity contribution in [1.29, 1.82) is 0 Å². The van der Waals surface area contributed by atoms with Gasteiger partial charge < -0.3 is 5.11 Å². The Kier molecular flexibility index (Phi) is 3.22. The Morgan fingerprint density at radius 3 is 2.69 bits per heavy atom. The molecule has 1 aliphatic rings. The Hall–Kier alpha value is -0.610. The van der Waals surface area contributed by atoms with E-state index < -0.39 is 17.7 Å². The summed E-state index contributed by atoms with van der Waals surface area (Å²) in [7, 11) is 0. The number of aliphatic hydroxyl groups excluding tert-OH is 1. The van der Waals surface area contributed by atoms with Gasteiger partial charge in [-0.3, -0.25) is 0 Å². The average molecular weight is 244 g/mol. The molecule has 1 N–H and O–H groups in total. The lowest BCUT2D eigenvalue weighted by atomic mass is 9.93. The molecule has 0 amide bonds. The molecule has 1 aromatic carbocycles. The summed E-state index contributed by atoms with van der Waals surface area (Å²) in [5.74, 6) is -0.764. The summed E-state index contributed by atoms with van der Waals surface area (Å²) in [5, 5.41) is 10.2. The van der Waals surface area contributed by atoms with Crippen molar-refractivity contribution in [3.8, 4) is 0 Å². The summed E-state index contributed by atoms with van der Waals surface area (Å²) in [6, 6.07) is 3.61. The van der Waals surface area contributed by atoms with Crippen molar-refractivity contribution in [2.24, 2.45) is 0 Å². The Morgan fingerprint density at radius 1 is 1.38 bits per heavy atom. The predicted octanol–water partition coefficient (Wildman–Crippen LogP) is 3.28. The van der Waals surface area contributed by atoms with Crippen LogP contribution < -0.4 is 0 Å². The molecule has 0 spiro atoms. The SMILES string of the molecule is CC1(C(O)c2ccc(F)c(F)c2)CCCS1. The zero-order chi connectivity index (χ0) is 11.8. The standard InChI is InChI=1S/C12H14F2OS/c1-12(5-2-6-16-12)11(15)8-3-4-9(13)10(14)7-8/h3-4,7,11,15H,2,5-6H2,1H3. The summed E-state index contributed by atoms with van der Waals surface area (Å²) in [5.41, 5.74) is 0.454. The molecule has 2 unspecified atom stereocenters. The normalized spacial score (nSPS) is 27.0. The largest absolute Gasteiger partial charge is 0.387 e. The van der Waals surface area contributed by atoms with Crippen LogP contribution in [0.3, 0.4) is 0 Å². The van der Waals surface area contributed by atoms with Gasteiger partial charge in [-0.05, 0) is 43.2 Å². The maximum absolute atomic E-state index is 13.1. The average Bonchev–Trinajstić information content (AvgIpc) is 2.70. The fourth-order valence-corrected chi connectivity index (χ4v) is 3.39. The summed E-state index contributed by atoms with van der Waals surface area (Å²) >= 11 is 1.69. The molecule has 2 rings (SSSR count). The highest BCUT2D eigenvalue weighted by molar-refractivity contribution is 8.00. The molecular weight excluding hydrogens is 230 g/mol. The van der Waals surface area contributed by atoms with Gasteiger partial charge in [-0.25, -0.2) is 8.78 Å². The second-order valence-electron chi connectivity index (χ2n) is 4.34. The van der Waals surface area contributed by atoms with Crippen LogP contribution in [0.1, 0.15) is 31.4 Å². The Bertz CT molecular complexity index is 389. The molecule has 88 valence electrons. The van der Waals surface area contributed by atoms with Crippen molar-refractivity contribution in [3.05, 3.63) is 35.4 Å². The van der Waals surface area contributed by atoms with Crippen LogP contribution in [-0.2, 0) is 0 Å². The zero-order valence-electron chi connectivity index (χ0n) is 9.04. The fourth-order valence-electron chi connectivity index (χ4n) is 2.05. The van der Waals surface area contributed by atoms with Gasteiger partial charge in [-0.2, -0.15) is 11.8 Å². The Labute approximate surface area is 97.9 Å². The zero-order valence-corrected chi connectivity index (χ0v) is 9.86. The second kappa shape index (κ2) is 4.34. The van der Waals surface area contributed by atoms with Crippen LogP contribution in [0, 0.1) is 11.6 Å². The van der Waals surface area contributed by atoms with Gasteiger partial charge in [0, 0.05) is 4.75 Å². The van der Waals surface area contributed by atoms with Gasteiger partial charge in [0.2, 0.25) is 0 Å². The lowest BCUT2D eigenvalue weighted by molar-refractivity contribution is 0.134. The molecular formula is C12H14F2OS. The number of halogens is 2. The molecule has 1 nitrogen and oxygen atoms in total. The highest BCUT2D eigenvalue weighted by atomic mass is 32.2. The van der Waals surface area contributed by atoms with Crippen molar-refractivity contribution < 1.29 is 13.9 Å². The van der Waals surface area contributed by atoms with Crippen molar-refractivity contribution in [2.45, 2.75) is 30.6 Å². The van der Waals surface area contributed by atoms with Crippen molar-refractivity contribution >= 4 is 11.8 Å². The van der Waals surface area contributed by atoms with Crippen LogP contribution in [-0.4, -0.2) is 15.6 Å². The van der Waals surface area contributed by atoms with Gasteiger partial charge in [-0.15, -0.1) is 0 Å². The molecule has 0 aliphatic carbocycles. The number of benzene rings is 1. The van der Waals surface area contributed by atoms with E-state index in [1.807, 2.05) is 6.92 Å². The van der Waals surface area contributed by atoms with Crippen LogP contribution in [0.2, 0.25) is 0 Å².